The summed E-state index contributed by atoms with van der Waals surface area (Å²) in [5, 5.41) is 0.470. The highest BCUT2D eigenvalue weighted by Gasteiger charge is 2.05. The summed E-state index contributed by atoms with van der Waals surface area (Å²) in [7, 11) is 0. The summed E-state index contributed by atoms with van der Waals surface area (Å²) in [4.78, 5) is 7.97. The predicted molar refractivity (Wildman–Crippen MR) is 45.6 cm³/mol. The molecule has 0 spiro atoms. The van der Waals surface area contributed by atoms with Crippen molar-refractivity contribution in [3.8, 4) is 0 Å². The van der Waals surface area contributed by atoms with Crippen LogP contribution in [0.1, 0.15) is 18.3 Å². The smallest absolute Gasteiger partial charge is 0.138 e. The maximum absolute atomic E-state index is 5.80. The molecular weight excluding hydrogens is 162 g/mol. The molecule has 0 aromatic carbocycles. The van der Waals surface area contributed by atoms with Crippen LogP contribution in [0.2, 0.25) is 5.15 Å². The van der Waals surface area contributed by atoms with E-state index in [0.717, 1.165) is 12.0 Å². The molecule has 0 saturated heterocycles. The van der Waals surface area contributed by atoms with Gasteiger partial charge in [-0.25, -0.2) is 9.97 Å². The van der Waals surface area contributed by atoms with Crippen LogP contribution in [0.5, 0.6) is 0 Å². The van der Waals surface area contributed by atoms with Crippen LogP contribution in [-0.4, -0.2) is 9.97 Å². The van der Waals surface area contributed by atoms with Gasteiger partial charge in [-0.05, 0) is 13.3 Å². The Morgan fingerprint density at radius 1 is 1.45 bits per heavy atom. The predicted octanol–water partition coefficient (Wildman–Crippen LogP) is 1.58. The molecule has 0 unspecified atom stereocenters. The van der Waals surface area contributed by atoms with E-state index in [9.17, 15) is 0 Å². The number of hydrogen-bond donors (Lipinski definition) is 1. The molecular formula is C7H10ClN3. The van der Waals surface area contributed by atoms with Crippen molar-refractivity contribution in [3.05, 3.63) is 16.5 Å². The maximum Gasteiger partial charge on any atom is 0.138 e. The van der Waals surface area contributed by atoms with Gasteiger partial charge in [-0.1, -0.05) is 18.5 Å². The number of nitrogens with two attached hydrogens (primary N) is 1. The molecule has 0 aliphatic rings. The van der Waals surface area contributed by atoms with E-state index in [-0.39, 0.29) is 0 Å². The molecule has 0 fully saturated rings. The van der Waals surface area contributed by atoms with Gasteiger partial charge in [0.15, 0.2) is 0 Å². The molecule has 1 aromatic rings. The highest BCUT2D eigenvalue weighted by atomic mass is 35.5. The zero-order valence-corrected chi connectivity index (χ0v) is 7.31. The zero-order chi connectivity index (χ0) is 8.43. The summed E-state index contributed by atoms with van der Waals surface area (Å²) >= 11 is 5.80. The van der Waals surface area contributed by atoms with Crippen LogP contribution in [0.15, 0.2) is 0 Å². The molecule has 3 nitrogen and oxygen atoms in total. The average molecular weight is 172 g/mol. The van der Waals surface area contributed by atoms with E-state index in [4.69, 9.17) is 17.3 Å². The van der Waals surface area contributed by atoms with Crippen LogP contribution in [0.3, 0.4) is 0 Å². The molecule has 4 heteroatoms. The minimum atomic E-state index is 0.470. The van der Waals surface area contributed by atoms with E-state index in [1.165, 1.54) is 0 Å². The van der Waals surface area contributed by atoms with Crippen LogP contribution in [0.4, 0.5) is 5.82 Å². The molecule has 2 N–H and O–H groups in total. The SMILES string of the molecule is CCc1c(N)nc(C)nc1Cl. The lowest BCUT2D eigenvalue weighted by atomic mass is 10.2. The van der Waals surface area contributed by atoms with Gasteiger partial charge >= 0.3 is 0 Å². The van der Waals surface area contributed by atoms with Gasteiger partial charge in [0.2, 0.25) is 0 Å². The third-order valence-corrected chi connectivity index (χ3v) is 1.77. The van der Waals surface area contributed by atoms with Crippen molar-refractivity contribution < 1.29 is 0 Å². The van der Waals surface area contributed by atoms with Gasteiger partial charge in [0.1, 0.15) is 16.8 Å². The van der Waals surface area contributed by atoms with E-state index in [2.05, 4.69) is 9.97 Å². The fourth-order valence-corrected chi connectivity index (χ4v) is 1.26. The second-order valence-corrected chi connectivity index (χ2v) is 2.64. The Morgan fingerprint density at radius 3 is 2.55 bits per heavy atom. The molecule has 0 amide bonds. The van der Waals surface area contributed by atoms with E-state index in [0.29, 0.717) is 16.8 Å². The van der Waals surface area contributed by atoms with Crippen LogP contribution in [0.25, 0.3) is 0 Å². The zero-order valence-electron chi connectivity index (χ0n) is 6.56. The van der Waals surface area contributed by atoms with Gasteiger partial charge in [-0.2, -0.15) is 0 Å². The number of halogens is 1. The quantitative estimate of drug-likeness (QED) is 0.653. The van der Waals surface area contributed by atoms with Crippen molar-refractivity contribution in [2.45, 2.75) is 20.3 Å². The minimum absolute atomic E-state index is 0.470. The third-order valence-electron chi connectivity index (χ3n) is 1.45. The number of rotatable bonds is 1. The van der Waals surface area contributed by atoms with E-state index >= 15 is 0 Å². The first kappa shape index (κ1) is 8.27. The molecule has 60 valence electrons. The fourth-order valence-electron chi connectivity index (χ4n) is 0.909. The van der Waals surface area contributed by atoms with Gasteiger partial charge in [-0.15, -0.1) is 0 Å². The highest BCUT2D eigenvalue weighted by molar-refractivity contribution is 6.30. The highest BCUT2D eigenvalue weighted by Crippen LogP contribution is 2.18. The fraction of sp³-hybridized carbons (Fsp3) is 0.429. The summed E-state index contributed by atoms with van der Waals surface area (Å²) in [5.74, 6) is 1.11. The molecule has 0 radical (unpaired) electrons. The Labute approximate surface area is 70.6 Å². The number of anilines is 1. The Morgan fingerprint density at radius 2 is 2.09 bits per heavy atom. The topological polar surface area (TPSA) is 51.8 Å². The van der Waals surface area contributed by atoms with Gasteiger partial charge in [0.25, 0.3) is 0 Å². The van der Waals surface area contributed by atoms with Gasteiger partial charge in [-0.3, -0.25) is 0 Å². The molecule has 0 atom stereocenters. The van der Waals surface area contributed by atoms with Gasteiger partial charge < -0.3 is 5.73 Å². The van der Waals surface area contributed by atoms with E-state index < -0.39 is 0 Å². The van der Waals surface area contributed by atoms with Crippen molar-refractivity contribution in [1.82, 2.24) is 9.97 Å². The molecule has 0 aliphatic heterocycles. The Hall–Kier alpha value is -0.830. The summed E-state index contributed by atoms with van der Waals surface area (Å²) in [6, 6.07) is 0. The second-order valence-electron chi connectivity index (χ2n) is 2.28. The van der Waals surface area contributed by atoms with Crippen LogP contribution < -0.4 is 5.73 Å². The Balaban J connectivity index is 3.25. The van der Waals surface area contributed by atoms with Crippen molar-refractivity contribution in [2.75, 3.05) is 5.73 Å². The molecule has 11 heavy (non-hydrogen) atoms. The van der Waals surface area contributed by atoms with Crippen molar-refractivity contribution >= 4 is 17.4 Å². The maximum atomic E-state index is 5.80. The number of aryl methyl sites for hydroxylation is 1. The monoisotopic (exact) mass is 171 g/mol. The number of hydrogen-bond acceptors (Lipinski definition) is 3. The van der Waals surface area contributed by atoms with Crippen molar-refractivity contribution in [1.29, 1.82) is 0 Å². The molecule has 0 saturated carbocycles. The Kier molecular flexibility index (Phi) is 2.29. The third kappa shape index (κ3) is 1.60. The molecule has 0 aliphatic carbocycles. The first-order valence-corrected chi connectivity index (χ1v) is 3.81. The van der Waals surface area contributed by atoms with Gasteiger partial charge in [0, 0.05) is 5.56 Å². The first-order valence-electron chi connectivity index (χ1n) is 3.43. The Bertz CT molecular complexity index is 249. The van der Waals surface area contributed by atoms with Crippen molar-refractivity contribution in [2.24, 2.45) is 0 Å². The lowest BCUT2D eigenvalue weighted by Gasteiger charge is -2.03. The summed E-state index contributed by atoms with van der Waals surface area (Å²) in [6.45, 7) is 3.73. The largest absolute Gasteiger partial charge is 0.383 e. The standard InChI is InChI=1S/C7H10ClN3/c1-3-5-6(8)10-4(2)11-7(5)9/h3H2,1-2H3,(H2,9,10,11). The minimum Gasteiger partial charge on any atom is -0.383 e. The van der Waals surface area contributed by atoms with E-state index in [1.807, 2.05) is 6.92 Å². The van der Waals surface area contributed by atoms with E-state index in [1.54, 1.807) is 6.92 Å². The number of nitrogen functional groups attached to an aromatic ring is 1. The normalized spacial score (nSPS) is 10.1. The number of nitrogens with zero attached hydrogens (tertiary/aromatic N) is 2. The number of aromatic nitrogens is 2. The summed E-state index contributed by atoms with van der Waals surface area (Å²) in [5.41, 5.74) is 6.43. The second kappa shape index (κ2) is 3.05. The molecule has 1 aromatic heterocycles. The average Bonchev–Trinajstić information content (AvgIpc) is 1.85. The summed E-state index contributed by atoms with van der Waals surface area (Å²) < 4.78 is 0. The van der Waals surface area contributed by atoms with Crippen LogP contribution in [-0.2, 0) is 6.42 Å². The van der Waals surface area contributed by atoms with Crippen LogP contribution in [0, 0.1) is 6.92 Å². The molecule has 1 heterocycles. The molecule has 1 rings (SSSR count). The molecule has 0 bridgehead atoms. The van der Waals surface area contributed by atoms with Crippen molar-refractivity contribution in [3.63, 3.8) is 0 Å². The lowest BCUT2D eigenvalue weighted by molar-refractivity contribution is 1.00. The summed E-state index contributed by atoms with van der Waals surface area (Å²) in [6.07, 6.45) is 0.769. The lowest BCUT2D eigenvalue weighted by Crippen LogP contribution is -2.01. The first-order chi connectivity index (χ1) is 5.15. The van der Waals surface area contributed by atoms with Gasteiger partial charge in [0.05, 0.1) is 0 Å². The van der Waals surface area contributed by atoms with Crippen LogP contribution >= 0.6 is 11.6 Å².